The predicted octanol–water partition coefficient (Wildman–Crippen LogP) is 2.28. The Kier molecular flexibility index (Phi) is 2.44. The van der Waals surface area contributed by atoms with E-state index in [4.69, 9.17) is 0 Å². The fourth-order valence-electron chi connectivity index (χ4n) is 0.654. The Morgan fingerprint density at radius 2 is 2.00 bits per heavy atom. The summed E-state index contributed by atoms with van der Waals surface area (Å²) in [5.74, 6) is 0. The molecule has 10 heavy (non-hydrogen) atoms. The summed E-state index contributed by atoms with van der Waals surface area (Å²) < 4.78 is 0. The van der Waals surface area contributed by atoms with E-state index in [-0.39, 0.29) is 0 Å². The highest BCUT2D eigenvalue weighted by atomic mass is 14.6. The van der Waals surface area contributed by atoms with Gasteiger partial charge in [0.15, 0.2) is 0 Å². The average Bonchev–Trinajstić information content (AvgIpc) is 2.03. The first-order valence-electron chi connectivity index (χ1n) is 3.12. The molecule has 1 rings (SSSR count). The lowest BCUT2D eigenvalue weighted by molar-refractivity contribution is 1.32. The fourth-order valence-corrected chi connectivity index (χ4v) is 0.654. The van der Waals surface area contributed by atoms with E-state index in [1.165, 1.54) is 0 Å². The van der Waals surface area contributed by atoms with Gasteiger partial charge in [0, 0.05) is 12.4 Å². The number of nitrogens with zero attached hydrogens (tertiary/aromatic N) is 1. The third kappa shape index (κ3) is 1.86. The molecule has 0 saturated heterocycles. The monoisotopic (exact) mass is 131 g/mol. The molecule has 0 N–H and O–H groups in total. The molecular weight excluding hydrogens is 122 g/mol. The van der Waals surface area contributed by atoms with E-state index < -0.39 is 0 Å². The maximum Gasteiger partial charge on any atom is 0.0273 e. The molecule has 50 valence electrons. The van der Waals surface area contributed by atoms with Crippen LogP contribution in [0.15, 0.2) is 43.3 Å². The maximum absolute atomic E-state index is 3.89. The molecule has 0 fully saturated rings. The van der Waals surface area contributed by atoms with Crippen molar-refractivity contribution in [3.05, 3.63) is 48.8 Å². The van der Waals surface area contributed by atoms with Crippen molar-refractivity contribution in [1.82, 2.24) is 4.98 Å². The fraction of sp³-hybridized carbons (Fsp3) is 0. The van der Waals surface area contributed by atoms with Gasteiger partial charge < -0.3 is 0 Å². The van der Waals surface area contributed by atoms with Crippen LogP contribution in [0.1, 0.15) is 5.56 Å². The Labute approximate surface area is 60.7 Å². The van der Waals surface area contributed by atoms with Gasteiger partial charge in [0.1, 0.15) is 0 Å². The van der Waals surface area contributed by atoms with E-state index in [9.17, 15) is 0 Å². The largest absolute Gasteiger partial charge is 0.265 e. The molecule has 0 aliphatic heterocycles. The highest BCUT2D eigenvalue weighted by Crippen LogP contribution is 1.97. The zero-order valence-electron chi connectivity index (χ0n) is 5.70. The van der Waals surface area contributed by atoms with Crippen LogP contribution in [0.5, 0.6) is 0 Å². The van der Waals surface area contributed by atoms with Crippen molar-refractivity contribution >= 4 is 6.08 Å². The number of hydrogen-bond donors (Lipinski definition) is 0. The molecule has 0 atom stereocenters. The summed E-state index contributed by atoms with van der Waals surface area (Å²) in [6.45, 7) is 3.57. The van der Waals surface area contributed by atoms with Crippen molar-refractivity contribution in [1.29, 1.82) is 0 Å². The molecule has 0 aliphatic rings. The van der Waals surface area contributed by atoms with Crippen LogP contribution in [-0.4, -0.2) is 4.98 Å². The lowest BCUT2D eigenvalue weighted by Crippen LogP contribution is -1.70. The molecule has 1 heteroatoms. The molecular formula is C9H9N. The minimum Gasteiger partial charge on any atom is -0.265 e. The summed E-state index contributed by atoms with van der Waals surface area (Å²) in [6.07, 6.45) is 9.16. The van der Waals surface area contributed by atoms with E-state index in [2.05, 4.69) is 11.6 Å². The van der Waals surface area contributed by atoms with Crippen molar-refractivity contribution in [2.75, 3.05) is 0 Å². The molecule has 0 radical (unpaired) electrons. The predicted molar refractivity (Wildman–Crippen MR) is 43.5 cm³/mol. The van der Waals surface area contributed by atoms with Gasteiger partial charge in [0.25, 0.3) is 0 Å². The molecule has 0 bridgehead atoms. The third-order valence-electron chi connectivity index (χ3n) is 1.13. The van der Waals surface area contributed by atoms with Crippen LogP contribution in [0, 0.1) is 0 Å². The van der Waals surface area contributed by atoms with E-state index in [0.29, 0.717) is 0 Å². The summed E-state index contributed by atoms with van der Waals surface area (Å²) >= 11 is 0. The van der Waals surface area contributed by atoms with Crippen molar-refractivity contribution in [3.8, 4) is 0 Å². The topological polar surface area (TPSA) is 12.9 Å². The minimum atomic E-state index is 1.15. The average molecular weight is 131 g/mol. The van der Waals surface area contributed by atoms with E-state index in [0.717, 1.165) is 5.56 Å². The first kappa shape index (κ1) is 6.75. The highest BCUT2D eigenvalue weighted by molar-refractivity contribution is 5.49. The normalized spacial score (nSPS) is 10.0. The van der Waals surface area contributed by atoms with E-state index in [1.807, 2.05) is 24.3 Å². The van der Waals surface area contributed by atoms with Gasteiger partial charge in [-0.2, -0.15) is 0 Å². The summed E-state index contributed by atoms with van der Waals surface area (Å²) in [7, 11) is 0. The third-order valence-corrected chi connectivity index (χ3v) is 1.13. The van der Waals surface area contributed by atoms with Crippen LogP contribution in [-0.2, 0) is 0 Å². The molecule has 0 amide bonds. The van der Waals surface area contributed by atoms with E-state index >= 15 is 0 Å². The number of aromatic nitrogens is 1. The molecule has 1 heterocycles. The smallest absolute Gasteiger partial charge is 0.0273 e. The molecule has 1 nitrogen and oxygen atoms in total. The molecule has 1 aromatic heterocycles. The number of hydrogen-bond acceptors (Lipinski definition) is 1. The lowest BCUT2D eigenvalue weighted by atomic mass is 10.2. The molecule has 0 aromatic carbocycles. The van der Waals surface area contributed by atoms with Gasteiger partial charge in [-0.15, -0.1) is 0 Å². The summed E-state index contributed by atoms with van der Waals surface area (Å²) in [6, 6.07) is 3.89. The number of pyridine rings is 1. The Hall–Kier alpha value is -1.37. The quantitative estimate of drug-likeness (QED) is 0.561. The second-order valence-corrected chi connectivity index (χ2v) is 1.88. The Morgan fingerprint density at radius 3 is 2.60 bits per heavy atom. The second kappa shape index (κ2) is 3.62. The minimum absolute atomic E-state index is 1.15. The maximum atomic E-state index is 3.89. The van der Waals surface area contributed by atoms with Gasteiger partial charge in [-0.05, 0) is 17.7 Å². The highest BCUT2D eigenvalue weighted by Gasteiger charge is 1.79. The van der Waals surface area contributed by atoms with Crippen LogP contribution in [0.25, 0.3) is 6.08 Å². The molecule has 0 spiro atoms. The number of allylic oxidation sites excluding steroid dienone is 2. The molecule has 0 saturated carbocycles. The molecule has 0 aliphatic carbocycles. The first-order valence-corrected chi connectivity index (χ1v) is 3.12. The second-order valence-electron chi connectivity index (χ2n) is 1.88. The van der Waals surface area contributed by atoms with E-state index in [1.54, 1.807) is 18.5 Å². The van der Waals surface area contributed by atoms with Gasteiger partial charge in [0.05, 0.1) is 0 Å². The zero-order chi connectivity index (χ0) is 7.23. The van der Waals surface area contributed by atoms with Gasteiger partial charge in [0.2, 0.25) is 0 Å². The Morgan fingerprint density at radius 1 is 1.30 bits per heavy atom. The van der Waals surface area contributed by atoms with Crippen molar-refractivity contribution < 1.29 is 0 Å². The lowest BCUT2D eigenvalue weighted by Gasteiger charge is -1.86. The summed E-state index contributed by atoms with van der Waals surface area (Å²) in [5, 5.41) is 0. The van der Waals surface area contributed by atoms with Crippen molar-refractivity contribution in [3.63, 3.8) is 0 Å². The van der Waals surface area contributed by atoms with Gasteiger partial charge >= 0.3 is 0 Å². The Bertz CT molecular complexity index is 224. The van der Waals surface area contributed by atoms with Crippen LogP contribution < -0.4 is 0 Å². The summed E-state index contributed by atoms with van der Waals surface area (Å²) in [5.41, 5.74) is 1.15. The van der Waals surface area contributed by atoms with Crippen LogP contribution >= 0.6 is 0 Å². The number of rotatable bonds is 2. The molecule has 1 aromatic rings. The van der Waals surface area contributed by atoms with Gasteiger partial charge in [-0.3, -0.25) is 4.98 Å². The van der Waals surface area contributed by atoms with Crippen LogP contribution in [0.2, 0.25) is 0 Å². The van der Waals surface area contributed by atoms with Crippen molar-refractivity contribution in [2.24, 2.45) is 0 Å². The SMILES string of the molecule is C=C/C=C/c1ccncc1. The van der Waals surface area contributed by atoms with Gasteiger partial charge in [-0.1, -0.05) is 24.8 Å². The zero-order valence-corrected chi connectivity index (χ0v) is 5.70. The Balaban J connectivity index is 2.76. The summed E-state index contributed by atoms with van der Waals surface area (Å²) in [4.78, 5) is 3.89. The first-order chi connectivity index (χ1) is 4.93. The van der Waals surface area contributed by atoms with Crippen LogP contribution in [0.3, 0.4) is 0 Å². The van der Waals surface area contributed by atoms with Crippen LogP contribution in [0.4, 0.5) is 0 Å². The standard InChI is InChI=1S/C9H9N/c1-2-3-4-9-5-7-10-8-6-9/h2-8H,1H2/b4-3+. The van der Waals surface area contributed by atoms with Crippen molar-refractivity contribution in [2.45, 2.75) is 0 Å². The van der Waals surface area contributed by atoms with Gasteiger partial charge in [-0.25, -0.2) is 0 Å². The molecule has 0 unspecified atom stereocenters.